The molecule has 2 aromatic rings. The van der Waals surface area contributed by atoms with E-state index in [1.807, 2.05) is 0 Å². The monoisotopic (exact) mass is 436 g/mol. The van der Waals surface area contributed by atoms with E-state index in [1.165, 1.54) is 22.2 Å². The number of nitrogens with one attached hydrogen (secondary N) is 2. The largest absolute Gasteiger partial charge is 0.394 e. The van der Waals surface area contributed by atoms with Gasteiger partial charge in [-0.3, -0.25) is 0 Å². The van der Waals surface area contributed by atoms with Crippen molar-refractivity contribution in [2.75, 3.05) is 6.54 Å². The van der Waals surface area contributed by atoms with Gasteiger partial charge in [0.2, 0.25) is 19.5 Å². The van der Waals surface area contributed by atoms with Crippen molar-refractivity contribution in [3.63, 3.8) is 0 Å². The van der Waals surface area contributed by atoms with Gasteiger partial charge in [-0.25, -0.2) is 0 Å². The summed E-state index contributed by atoms with van der Waals surface area (Å²) in [6.07, 6.45) is 1.87. The molecule has 1 aliphatic heterocycles. The van der Waals surface area contributed by atoms with Crippen LogP contribution in [0, 0.1) is 5.41 Å². The maximum atomic E-state index is 5.92. The zero-order valence-electron chi connectivity index (χ0n) is 15.2. The summed E-state index contributed by atoms with van der Waals surface area (Å²) in [5, 5.41) is 5.04. The van der Waals surface area contributed by atoms with Gasteiger partial charge in [-0.15, -0.1) is 0 Å². The standard InChI is InChI=1S/C18H25BrN2O2Si2/c1-18(2,17(22-24-3)23-25-4)10-15-16-13(7-8-20-15)12-6-5-11(19)9-14(12)21-16/h5-6,9,15,17,20-21H,7-8,10H2,1-4H3. The first-order valence-electron chi connectivity index (χ1n) is 8.64. The molecule has 4 radical (unpaired) electrons. The number of fused-ring (bicyclic) bond motifs is 3. The van der Waals surface area contributed by atoms with Crippen LogP contribution in [0.4, 0.5) is 0 Å². The number of hydrogen-bond donors (Lipinski definition) is 2. The number of H-pyrrole nitrogens is 1. The van der Waals surface area contributed by atoms with Gasteiger partial charge in [0.25, 0.3) is 0 Å². The summed E-state index contributed by atoms with van der Waals surface area (Å²) >= 11 is 3.58. The van der Waals surface area contributed by atoms with Gasteiger partial charge in [-0.2, -0.15) is 0 Å². The van der Waals surface area contributed by atoms with Crippen molar-refractivity contribution in [2.45, 2.75) is 52.1 Å². The van der Waals surface area contributed by atoms with Gasteiger partial charge in [-0.1, -0.05) is 35.8 Å². The second kappa shape index (κ2) is 8.06. The topological polar surface area (TPSA) is 46.3 Å². The fourth-order valence-electron chi connectivity index (χ4n) is 3.64. The Labute approximate surface area is 163 Å². The maximum absolute atomic E-state index is 5.92. The smallest absolute Gasteiger partial charge is 0.229 e. The summed E-state index contributed by atoms with van der Waals surface area (Å²) < 4.78 is 12.9. The molecule has 0 aliphatic carbocycles. The molecular weight excluding hydrogens is 412 g/mol. The third-order valence-electron chi connectivity index (χ3n) is 4.83. The molecule has 1 atom stereocenters. The number of benzene rings is 1. The quantitative estimate of drug-likeness (QED) is 0.504. The van der Waals surface area contributed by atoms with Crippen molar-refractivity contribution >= 4 is 46.4 Å². The number of aromatic amines is 1. The highest BCUT2D eigenvalue weighted by atomic mass is 79.9. The first-order chi connectivity index (χ1) is 12.0. The van der Waals surface area contributed by atoms with Crippen LogP contribution in [0.1, 0.15) is 37.6 Å². The van der Waals surface area contributed by atoms with E-state index >= 15 is 0 Å². The molecule has 4 nitrogen and oxygen atoms in total. The first-order valence-corrected chi connectivity index (χ1v) is 12.3. The third kappa shape index (κ3) is 4.12. The number of hydrogen-bond acceptors (Lipinski definition) is 3. The minimum atomic E-state index is -0.162. The van der Waals surface area contributed by atoms with Crippen LogP contribution in [0.25, 0.3) is 10.9 Å². The average molecular weight is 437 g/mol. The normalized spacial score (nSPS) is 18.1. The van der Waals surface area contributed by atoms with E-state index in [0.29, 0.717) is 25.6 Å². The maximum Gasteiger partial charge on any atom is 0.229 e. The molecule has 1 unspecified atom stereocenters. The molecule has 3 rings (SSSR count). The van der Waals surface area contributed by atoms with Gasteiger partial charge in [-0.05, 0) is 50.2 Å². The van der Waals surface area contributed by atoms with Crippen molar-refractivity contribution in [1.29, 1.82) is 0 Å². The molecule has 0 bridgehead atoms. The van der Waals surface area contributed by atoms with E-state index in [-0.39, 0.29) is 11.7 Å². The lowest BCUT2D eigenvalue weighted by molar-refractivity contribution is -0.0859. The molecule has 1 aromatic carbocycles. The highest BCUT2D eigenvalue weighted by molar-refractivity contribution is 9.10. The first kappa shape index (κ1) is 19.3. The molecule has 2 heterocycles. The zero-order chi connectivity index (χ0) is 18.0. The molecule has 0 spiro atoms. The van der Waals surface area contributed by atoms with Gasteiger partial charge in [0.05, 0.1) is 0 Å². The van der Waals surface area contributed by atoms with E-state index in [1.54, 1.807) is 0 Å². The van der Waals surface area contributed by atoms with Crippen LogP contribution in [-0.2, 0) is 15.3 Å². The van der Waals surface area contributed by atoms with Crippen molar-refractivity contribution < 1.29 is 8.85 Å². The van der Waals surface area contributed by atoms with Gasteiger partial charge in [0, 0.05) is 32.5 Å². The fourth-order valence-corrected chi connectivity index (χ4v) is 5.26. The van der Waals surface area contributed by atoms with Crippen LogP contribution in [0.15, 0.2) is 22.7 Å². The summed E-state index contributed by atoms with van der Waals surface area (Å²) in [6.45, 7) is 9.60. The zero-order valence-corrected chi connectivity index (χ0v) is 18.8. The summed E-state index contributed by atoms with van der Waals surface area (Å²) in [5.41, 5.74) is 3.91. The van der Waals surface area contributed by atoms with Crippen LogP contribution >= 0.6 is 15.9 Å². The van der Waals surface area contributed by atoms with E-state index < -0.39 is 0 Å². The van der Waals surface area contributed by atoms with E-state index in [9.17, 15) is 0 Å². The molecule has 7 heteroatoms. The number of aromatic nitrogens is 1. The van der Waals surface area contributed by atoms with Gasteiger partial charge >= 0.3 is 0 Å². The Kier molecular flexibility index (Phi) is 6.23. The molecule has 1 aromatic heterocycles. The van der Waals surface area contributed by atoms with Crippen LogP contribution in [0.2, 0.25) is 13.1 Å². The average Bonchev–Trinajstić information content (AvgIpc) is 2.93. The highest BCUT2D eigenvalue weighted by Gasteiger charge is 2.36. The summed E-state index contributed by atoms with van der Waals surface area (Å²) in [7, 11) is 0.867. The highest BCUT2D eigenvalue weighted by Crippen LogP contribution is 2.39. The predicted molar refractivity (Wildman–Crippen MR) is 108 cm³/mol. The Bertz CT molecular complexity index is 729. The van der Waals surface area contributed by atoms with Crippen LogP contribution < -0.4 is 5.32 Å². The van der Waals surface area contributed by atoms with Crippen LogP contribution in [-0.4, -0.2) is 37.3 Å². The molecule has 25 heavy (non-hydrogen) atoms. The lowest BCUT2D eigenvalue weighted by Crippen LogP contribution is -2.41. The summed E-state index contributed by atoms with van der Waals surface area (Å²) in [6, 6.07) is 6.80. The third-order valence-corrected chi connectivity index (χ3v) is 6.23. The molecular formula is C18H25BrN2O2Si2. The van der Waals surface area contributed by atoms with Gasteiger partial charge in [0.15, 0.2) is 0 Å². The lowest BCUT2D eigenvalue weighted by atomic mass is 9.82. The fraction of sp³-hybridized carbons (Fsp3) is 0.556. The second-order valence-corrected chi connectivity index (χ2v) is 9.34. The van der Waals surface area contributed by atoms with Crippen molar-refractivity contribution in [2.24, 2.45) is 5.41 Å². The van der Waals surface area contributed by atoms with Crippen molar-refractivity contribution in [3.8, 4) is 0 Å². The Morgan fingerprint density at radius 2 is 2.00 bits per heavy atom. The minimum Gasteiger partial charge on any atom is -0.394 e. The van der Waals surface area contributed by atoms with Crippen molar-refractivity contribution in [1.82, 2.24) is 10.3 Å². The number of halogens is 1. The minimum absolute atomic E-state index is 0.0732. The molecule has 0 saturated carbocycles. The predicted octanol–water partition coefficient (Wildman–Crippen LogP) is 4.23. The van der Waals surface area contributed by atoms with Crippen LogP contribution in [0.3, 0.4) is 0 Å². The Morgan fingerprint density at radius 3 is 2.68 bits per heavy atom. The summed E-state index contributed by atoms with van der Waals surface area (Å²) in [5.74, 6) is 0. The Hall–Kier alpha value is -0.446. The van der Waals surface area contributed by atoms with Gasteiger partial charge in [0.1, 0.15) is 6.29 Å². The molecule has 0 fully saturated rings. The lowest BCUT2D eigenvalue weighted by Gasteiger charge is -2.38. The SMILES string of the molecule is C[Si]OC(O[Si]C)C(C)(C)CC1NCCc2c1[nH]c1cc(Br)ccc21. The molecule has 0 saturated heterocycles. The van der Waals surface area contributed by atoms with E-state index in [2.05, 4.69) is 71.4 Å². The molecule has 2 N–H and O–H groups in total. The number of rotatable bonds is 7. The van der Waals surface area contributed by atoms with E-state index in [0.717, 1.165) is 23.9 Å². The summed E-state index contributed by atoms with van der Waals surface area (Å²) in [4.78, 5) is 3.66. The van der Waals surface area contributed by atoms with E-state index in [4.69, 9.17) is 8.85 Å². The second-order valence-electron chi connectivity index (χ2n) is 7.13. The molecule has 134 valence electrons. The van der Waals surface area contributed by atoms with Gasteiger partial charge < -0.3 is 19.2 Å². The molecule has 0 amide bonds. The molecule has 1 aliphatic rings. The Balaban J connectivity index is 1.88. The van der Waals surface area contributed by atoms with Crippen LogP contribution in [0.5, 0.6) is 0 Å². The van der Waals surface area contributed by atoms with Crippen molar-refractivity contribution in [3.05, 3.63) is 33.9 Å². The Morgan fingerprint density at radius 1 is 1.28 bits per heavy atom.